The van der Waals surface area contributed by atoms with E-state index < -0.39 is 23.4 Å². The van der Waals surface area contributed by atoms with Crippen molar-refractivity contribution in [1.29, 1.82) is 0 Å². The Balaban J connectivity index is 1.45. The van der Waals surface area contributed by atoms with Gasteiger partial charge in [-0.3, -0.25) is 9.55 Å². The molecular formula is C22H20F4N4O4. The third-order valence-electron chi connectivity index (χ3n) is 5.06. The molecule has 1 aliphatic rings. The summed E-state index contributed by atoms with van der Waals surface area (Å²) in [7, 11) is 1.61. The Morgan fingerprint density at radius 2 is 1.88 bits per heavy atom. The summed E-state index contributed by atoms with van der Waals surface area (Å²) < 4.78 is 70.5. The van der Waals surface area contributed by atoms with Crippen LogP contribution in [0.15, 0.2) is 47.4 Å². The topological polar surface area (TPSA) is 78.7 Å². The summed E-state index contributed by atoms with van der Waals surface area (Å²) in [5, 5.41) is 0. The predicted molar refractivity (Wildman–Crippen MR) is 113 cm³/mol. The van der Waals surface area contributed by atoms with E-state index in [-0.39, 0.29) is 24.0 Å². The van der Waals surface area contributed by atoms with Gasteiger partial charge in [-0.15, -0.1) is 0 Å². The van der Waals surface area contributed by atoms with Crippen molar-refractivity contribution in [2.45, 2.75) is 12.8 Å². The summed E-state index contributed by atoms with van der Waals surface area (Å²) in [5.41, 5.74) is -1.23. The number of ether oxygens (including phenoxy) is 3. The smallest absolute Gasteiger partial charge is 0.433 e. The van der Waals surface area contributed by atoms with E-state index in [1.807, 2.05) is 4.90 Å². The van der Waals surface area contributed by atoms with Crippen LogP contribution < -0.4 is 20.1 Å². The van der Waals surface area contributed by atoms with E-state index in [0.717, 1.165) is 12.3 Å². The molecule has 1 aliphatic heterocycles. The third kappa shape index (κ3) is 5.45. The molecule has 8 nitrogen and oxygen atoms in total. The standard InChI is InChI=1S/C22H20F4N4O4/c1-29-20(30-6-8-32-9-7-30)12-19(28-21(29)31)33-13-14-2-3-17(16(23)10-14)34-15-4-5-27-18(11-15)22(24,25)26/h2-5,10-12H,6-9,13H2,1H3. The van der Waals surface area contributed by atoms with Crippen molar-refractivity contribution in [2.75, 3.05) is 31.2 Å². The number of hydrogen-bond donors (Lipinski definition) is 0. The molecule has 0 amide bonds. The van der Waals surface area contributed by atoms with Crippen molar-refractivity contribution < 1.29 is 31.8 Å². The molecule has 0 N–H and O–H groups in total. The van der Waals surface area contributed by atoms with E-state index in [0.29, 0.717) is 43.8 Å². The van der Waals surface area contributed by atoms with Crippen LogP contribution in [0, 0.1) is 5.82 Å². The molecule has 2 aromatic heterocycles. The second kappa shape index (κ2) is 9.67. The number of aromatic nitrogens is 3. The first kappa shape index (κ1) is 23.5. The molecule has 1 fully saturated rings. The normalized spacial score (nSPS) is 14.2. The van der Waals surface area contributed by atoms with Crippen LogP contribution in [0.4, 0.5) is 23.4 Å². The number of benzene rings is 1. The summed E-state index contributed by atoms with van der Waals surface area (Å²) in [4.78, 5) is 21.3. The molecule has 1 aromatic carbocycles. The molecule has 12 heteroatoms. The van der Waals surface area contributed by atoms with Crippen LogP contribution in [0.25, 0.3) is 0 Å². The van der Waals surface area contributed by atoms with E-state index in [9.17, 15) is 22.4 Å². The van der Waals surface area contributed by atoms with Gasteiger partial charge in [-0.1, -0.05) is 6.07 Å². The Morgan fingerprint density at radius 1 is 1.12 bits per heavy atom. The van der Waals surface area contributed by atoms with Gasteiger partial charge in [-0.05, 0) is 23.8 Å². The SMILES string of the molecule is Cn1c(N2CCOCC2)cc(OCc2ccc(Oc3ccnc(C(F)(F)F)c3)c(F)c2)nc1=O. The summed E-state index contributed by atoms with van der Waals surface area (Å²) >= 11 is 0. The van der Waals surface area contributed by atoms with E-state index in [1.165, 1.54) is 22.8 Å². The zero-order chi connectivity index (χ0) is 24.3. The molecule has 0 radical (unpaired) electrons. The molecule has 3 aromatic rings. The van der Waals surface area contributed by atoms with Crippen molar-refractivity contribution in [1.82, 2.24) is 14.5 Å². The number of nitrogens with zero attached hydrogens (tertiary/aromatic N) is 4. The lowest BCUT2D eigenvalue weighted by atomic mass is 10.2. The first-order chi connectivity index (χ1) is 16.2. The minimum atomic E-state index is -4.65. The highest BCUT2D eigenvalue weighted by molar-refractivity contribution is 5.42. The Bertz CT molecular complexity index is 1230. The second-order valence-corrected chi connectivity index (χ2v) is 7.42. The number of rotatable bonds is 6. The quantitative estimate of drug-likeness (QED) is 0.500. The molecule has 0 aliphatic carbocycles. The predicted octanol–water partition coefficient (Wildman–Crippen LogP) is 3.54. The summed E-state index contributed by atoms with van der Waals surface area (Å²) in [5.74, 6) is -0.544. The maximum Gasteiger partial charge on any atom is 0.433 e. The third-order valence-corrected chi connectivity index (χ3v) is 5.06. The fourth-order valence-corrected chi connectivity index (χ4v) is 3.31. The fraction of sp³-hybridized carbons (Fsp3) is 0.318. The van der Waals surface area contributed by atoms with Gasteiger partial charge in [0.25, 0.3) is 0 Å². The van der Waals surface area contributed by atoms with Crippen molar-refractivity contribution >= 4 is 5.82 Å². The molecule has 0 atom stereocenters. The highest BCUT2D eigenvalue weighted by atomic mass is 19.4. The molecule has 0 spiro atoms. The Hall–Kier alpha value is -3.67. The molecule has 180 valence electrons. The van der Waals surface area contributed by atoms with Crippen LogP contribution in [0.5, 0.6) is 17.4 Å². The van der Waals surface area contributed by atoms with Gasteiger partial charge in [0.05, 0.1) is 13.2 Å². The average molecular weight is 480 g/mol. The average Bonchev–Trinajstić information content (AvgIpc) is 2.81. The molecular weight excluding hydrogens is 460 g/mol. The molecule has 34 heavy (non-hydrogen) atoms. The monoisotopic (exact) mass is 480 g/mol. The minimum absolute atomic E-state index is 0.0850. The number of alkyl halides is 3. The van der Waals surface area contributed by atoms with Crippen LogP contribution >= 0.6 is 0 Å². The Kier molecular flexibility index (Phi) is 6.68. The van der Waals surface area contributed by atoms with Crippen molar-refractivity contribution in [3.05, 3.63) is 70.2 Å². The van der Waals surface area contributed by atoms with Crippen molar-refractivity contribution in [2.24, 2.45) is 7.05 Å². The number of halogens is 4. The van der Waals surface area contributed by atoms with Gasteiger partial charge in [0, 0.05) is 38.5 Å². The second-order valence-electron chi connectivity index (χ2n) is 7.42. The van der Waals surface area contributed by atoms with Crippen LogP contribution in [0.3, 0.4) is 0 Å². The summed E-state index contributed by atoms with van der Waals surface area (Å²) in [6.45, 7) is 2.22. The van der Waals surface area contributed by atoms with E-state index in [2.05, 4.69) is 9.97 Å². The van der Waals surface area contributed by atoms with Gasteiger partial charge in [0.1, 0.15) is 23.9 Å². The van der Waals surface area contributed by atoms with Crippen LogP contribution in [0.2, 0.25) is 0 Å². The number of hydrogen-bond acceptors (Lipinski definition) is 7. The highest BCUT2D eigenvalue weighted by Gasteiger charge is 2.32. The fourth-order valence-electron chi connectivity index (χ4n) is 3.31. The van der Waals surface area contributed by atoms with Gasteiger partial charge in [-0.25, -0.2) is 9.18 Å². The lowest BCUT2D eigenvalue weighted by Gasteiger charge is -2.29. The van der Waals surface area contributed by atoms with Gasteiger partial charge >= 0.3 is 11.9 Å². The van der Waals surface area contributed by atoms with E-state index in [4.69, 9.17) is 14.2 Å². The molecule has 0 saturated carbocycles. The van der Waals surface area contributed by atoms with Gasteiger partial charge in [-0.2, -0.15) is 18.2 Å². The highest BCUT2D eigenvalue weighted by Crippen LogP contribution is 2.32. The molecule has 4 rings (SSSR count). The molecule has 0 bridgehead atoms. The zero-order valence-electron chi connectivity index (χ0n) is 18.0. The van der Waals surface area contributed by atoms with Gasteiger partial charge in [0.2, 0.25) is 5.88 Å². The Morgan fingerprint density at radius 3 is 2.59 bits per heavy atom. The summed E-state index contributed by atoms with van der Waals surface area (Å²) in [6.07, 6.45) is -3.71. The maximum absolute atomic E-state index is 14.5. The first-order valence-electron chi connectivity index (χ1n) is 10.2. The lowest BCUT2D eigenvalue weighted by Crippen LogP contribution is -2.39. The largest absolute Gasteiger partial charge is 0.473 e. The van der Waals surface area contributed by atoms with Crippen molar-refractivity contribution in [3.63, 3.8) is 0 Å². The number of anilines is 1. The lowest BCUT2D eigenvalue weighted by molar-refractivity contribution is -0.141. The minimum Gasteiger partial charge on any atom is -0.473 e. The zero-order valence-corrected chi connectivity index (χ0v) is 18.0. The van der Waals surface area contributed by atoms with Crippen LogP contribution in [-0.4, -0.2) is 40.8 Å². The molecule has 1 saturated heterocycles. The van der Waals surface area contributed by atoms with Crippen molar-refractivity contribution in [3.8, 4) is 17.4 Å². The van der Waals surface area contributed by atoms with Gasteiger partial charge < -0.3 is 19.1 Å². The molecule has 0 unspecified atom stereocenters. The number of morpholine rings is 1. The number of pyridine rings is 1. The maximum atomic E-state index is 14.5. The van der Waals surface area contributed by atoms with Crippen LogP contribution in [-0.2, 0) is 24.6 Å². The van der Waals surface area contributed by atoms with Crippen LogP contribution in [0.1, 0.15) is 11.3 Å². The Labute approximate surface area is 191 Å². The van der Waals surface area contributed by atoms with Gasteiger partial charge in [0.15, 0.2) is 11.6 Å². The summed E-state index contributed by atoms with van der Waals surface area (Å²) in [6, 6.07) is 7.41. The van der Waals surface area contributed by atoms with E-state index >= 15 is 0 Å². The molecule has 3 heterocycles. The first-order valence-corrected chi connectivity index (χ1v) is 10.2. The van der Waals surface area contributed by atoms with E-state index in [1.54, 1.807) is 13.1 Å².